The second-order valence-electron chi connectivity index (χ2n) is 17.0. The molecule has 2 nitrogen and oxygen atoms in total. The van der Waals surface area contributed by atoms with Crippen molar-refractivity contribution in [3.63, 3.8) is 0 Å². The first kappa shape index (κ1) is 45.3. The van der Waals surface area contributed by atoms with E-state index in [-0.39, 0.29) is 54.7 Å². The molecule has 0 bridgehead atoms. The maximum absolute atomic E-state index is 16.4. The van der Waals surface area contributed by atoms with E-state index in [0.29, 0.717) is 21.2 Å². The number of hydrogen-bond donors (Lipinski definition) is 0. The van der Waals surface area contributed by atoms with E-state index in [1.165, 1.54) is 48.5 Å². The van der Waals surface area contributed by atoms with Gasteiger partial charge in [-0.2, -0.15) is 0 Å². The molecular formula is C54H28B2F10O2P2. The minimum atomic E-state index is -3.87. The molecule has 0 N–H and O–H groups in total. The van der Waals surface area contributed by atoms with E-state index >= 15 is 44.3 Å². The Balaban J connectivity index is 1.21. The summed E-state index contributed by atoms with van der Waals surface area (Å²) in [6.45, 7) is -3.79. The van der Waals surface area contributed by atoms with Crippen molar-refractivity contribution in [2.24, 2.45) is 0 Å². The molecule has 2 heterocycles. The summed E-state index contributed by atoms with van der Waals surface area (Å²) in [7, 11) is -7.74. The molecule has 0 unspecified atom stereocenters. The number of fused-ring (bicyclic) bond motifs is 6. The van der Waals surface area contributed by atoms with Crippen molar-refractivity contribution in [2.45, 2.75) is 0 Å². The van der Waals surface area contributed by atoms with E-state index in [9.17, 15) is 8.78 Å². The van der Waals surface area contributed by atoms with Gasteiger partial charge in [0.15, 0.2) is 72.5 Å². The van der Waals surface area contributed by atoms with Gasteiger partial charge >= 0.3 is 0 Å². The average Bonchev–Trinajstić information content (AvgIpc) is 3.89. The molecule has 11 rings (SSSR count). The standard InChI is InChI=1S/C54H28B2F10O2P2/c57-45-43(46(58)50(62)53(65)49(45)61)55-39-25-33(69(67,29-13-5-1-6-14-29)30-15-7-2-8-16-30)21-23-35(39)37-27-38-36-24-22-34(70(68,31-17-9-3-10-18-31)32-19-11-4-12-20-32)26-40(36)56(42(38)28-41(37)55)44-47(59)51(63)54(66)52(64)48(44)60/h1-28H. The van der Waals surface area contributed by atoms with E-state index in [4.69, 9.17) is 0 Å². The lowest BCUT2D eigenvalue weighted by molar-refractivity contribution is 0.384. The number of halogens is 10. The Labute approximate surface area is 394 Å². The van der Waals surface area contributed by atoms with Crippen LogP contribution in [0.4, 0.5) is 43.9 Å². The van der Waals surface area contributed by atoms with E-state index in [1.54, 1.807) is 121 Å². The van der Waals surface area contributed by atoms with Gasteiger partial charge in [-0.3, -0.25) is 0 Å². The maximum Gasteiger partial charge on any atom is 0.250 e. The number of hydrogen-bond acceptors (Lipinski definition) is 2. The van der Waals surface area contributed by atoms with Crippen LogP contribution in [0.15, 0.2) is 170 Å². The summed E-state index contributed by atoms with van der Waals surface area (Å²) in [4.78, 5) is 0. The van der Waals surface area contributed by atoms with E-state index in [1.807, 2.05) is 0 Å². The second kappa shape index (κ2) is 16.8. The molecule has 0 saturated heterocycles. The molecule has 0 amide bonds. The summed E-state index contributed by atoms with van der Waals surface area (Å²) in [6.07, 6.45) is 0. The van der Waals surface area contributed by atoms with Gasteiger partial charge in [0.05, 0.1) is 0 Å². The zero-order valence-electron chi connectivity index (χ0n) is 35.8. The third-order valence-corrected chi connectivity index (χ3v) is 19.5. The Morgan fingerprint density at radius 1 is 0.257 bits per heavy atom. The molecule has 9 aromatic rings. The monoisotopic (exact) mass is 982 g/mol. The van der Waals surface area contributed by atoms with Crippen molar-refractivity contribution in [1.82, 2.24) is 0 Å². The van der Waals surface area contributed by atoms with Crippen molar-refractivity contribution in [3.8, 4) is 22.3 Å². The fraction of sp³-hybridized carbons (Fsp3) is 0. The molecular weight excluding hydrogens is 954 g/mol. The number of benzene rings is 9. The first-order valence-corrected chi connectivity index (χ1v) is 25.0. The highest BCUT2D eigenvalue weighted by molar-refractivity contribution is 7.85. The minimum Gasteiger partial charge on any atom is -0.309 e. The van der Waals surface area contributed by atoms with E-state index in [2.05, 4.69) is 0 Å². The topological polar surface area (TPSA) is 34.1 Å². The summed E-state index contributed by atoms with van der Waals surface area (Å²) in [5, 5.41) is 1.67. The van der Waals surface area contributed by atoms with Crippen LogP contribution in [-0.2, 0) is 9.13 Å². The maximum atomic E-state index is 16.4. The molecule has 0 aromatic heterocycles. The molecule has 2 aliphatic rings. The predicted octanol–water partition coefficient (Wildman–Crippen LogP) is 7.35. The molecule has 0 fully saturated rings. The molecule has 0 saturated carbocycles. The Hall–Kier alpha value is -7.13. The van der Waals surface area contributed by atoms with Gasteiger partial charge in [-0.05, 0) is 28.3 Å². The quantitative estimate of drug-likeness (QED) is 0.0526. The Kier molecular flexibility index (Phi) is 10.9. The molecule has 2 aliphatic heterocycles. The molecule has 70 heavy (non-hydrogen) atoms. The third kappa shape index (κ3) is 6.52. The summed E-state index contributed by atoms with van der Waals surface area (Å²) < 4.78 is 188. The lowest BCUT2D eigenvalue weighted by atomic mass is 9.35. The van der Waals surface area contributed by atoms with Crippen molar-refractivity contribution < 1.29 is 53.0 Å². The van der Waals surface area contributed by atoms with E-state index < -0.39 is 96.8 Å². The Morgan fingerprint density at radius 3 is 0.800 bits per heavy atom. The van der Waals surface area contributed by atoms with Gasteiger partial charge in [-0.25, -0.2) is 43.9 Å². The summed E-state index contributed by atoms with van der Waals surface area (Å²) in [5.41, 5.74) is -2.36. The fourth-order valence-corrected chi connectivity index (χ4v) is 15.6. The molecule has 0 aliphatic carbocycles. The molecule has 342 valence electrons. The van der Waals surface area contributed by atoms with Gasteiger partial charge in [0.25, 0.3) is 13.4 Å². The largest absolute Gasteiger partial charge is 0.309 e. The lowest BCUT2D eigenvalue weighted by Gasteiger charge is -2.22. The van der Waals surface area contributed by atoms with Crippen LogP contribution < -0.4 is 64.6 Å². The molecule has 0 spiro atoms. The van der Waals surface area contributed by atoms with Gasteiger partial charge in [-0.1, -0.05) is 186 Å². The van der Waals surface area contributed by atoms with Crippen molar-refractivity contribution in [1.29, 1.82) is 0 Å². The highest BCUT2D eigenvalue weighted by Crippen LogP contribution is 2.45. The van der Waals surface area contributed by atoms with Crippen LogP contribution in [0.2, 0.25) is 0 Å². The molecule has 0 atom stereocenters. The lowest BCUT2D eigenvalue weighted by Crippen LogP contribution is -2.56. The van der Waals surface area contributed by atoms with E-state index in [0.717, 1.165) is 0 Å². The van der Waals surface area contributed by atoms with Crippen molar-refractivity contribution >= 4 is 92.3 Å². The van der Waals surface area contributed by atoms with Gasteiger partial charge in [0, 0.05) is 42.8 Å². The Bertz CT molecular complexity index is 3370. The summed E-state index contributed by atoms with van der Waals surface area (Å²) in [6, 6.07) is 44.6. The first-order valence-electron chi connectivity index (χ1n) is 21.6. The minimum absolute atomic E-state index is 0.0542. The van der Waals surface area contributed by atoms with Crippen LogP contribution in [-0.4, -0.2) is 13.4 Å². The zero-order valence-corrected chi connectivity index (χ0v) is 37.6. The average molecular weight is 982 g/mol. The third-order valence-electron chi connectivity index (χ3n) is 13.4. The highest BCUT2D eigenvalue weighted by atomic mass is 31.2. The van der Waals surface area contributed by atoms with Gasteiger partial charge in [0.1, 0.15) is 0 Å². The van der Waals surface area contributed by atoms with Crippen molar-refractivity contribution in [2.75, 3.05) is 0 Å². The summed E-state index contributed by atoms with van der Waals surface area (Å²) >= 11 is 0. The molecule has 9 aromatic carbocycles. The van der Waals surface area contributed by atoms with Gasteiger partial charge in [0.2, 0.25) is 0 Å². The van der Waals surface area contributed by atoms with Gasteiger partial charge < -0.3 is 9.13 Å². The van der Waals surface area contributed by atoms with Crippen LogP contribution in [0.25, 0.3) is 22.3 Å². The molecule has 0 radical (unpaired) electrons. The van der Waals surface area contributed by atoms with Crippen LogP contribution in [0.1, 0.15) is 0 Å². The van der Waals surface area contributed by atoms with Gasteiger partial charge in [-0.15, -0.1) is 0 Å². The predicted molar refractivity (Wildman–Crippen MR) is 258 cm³/mol. The zero-order chi connectivity index (χ0) is 49.0. The van der Waals surface area contributed by atoms with Crippen LogP contribution in [0, 0.1) is 58.2 Å². The molecule has 16 heteroatoms. The van der Waals surface area contributed by atoms with Crippen LogP contribution in [0.5, 0.6) is 0 Å². The highest BCUT2D eigenvalue weighted by Gasteiger charge is 2.47. The fourth-order valence-electron chi connectivity index (χ4n) is 10.2. The number of rotatable bonds is 8. The normalized spacial score (nSPS) is 12.8. The SMILES string of the molecule is O=P(c1ccccc1)(c1ccccc1)c1ccc2c(c1)B(c1c(F)c(F)c(F)c(F)c1F)c1cc3c(cc1-2)-c1ccc(P(=O)(c2ccccc2)c2ccccc2)cc1B3c1c(F)c(F)c(F)c(F)c1F. The van der Waals surface area contributed by atoms with Crippen LogP contribution >= 0.6 is 14.3 Å². The Morgan fingerprint density at radius 2 is 0.514 bits per heavy atom. The smallest absolute Gasteiger partial charge is 0.250 e. The second-order valence-corrected chi connectivity index (χ2v) is 22.5. The first-order chi connectivity index (χ1) is 33.7. The van der Waals surface area contributed by atoms with Crippen molar-refractivity contribution in [3.05, 3.63) is 228 Å². The summed E-state index contributed by atoms with van der Waals surface area (Å²) in [5.74, 6) is -22.7. The van der Waals surface area contributed by atoms with Crippen LogP contribution in [0.3, 0.4) is 0 Å².